The highest BCUT2D eigenvalue weighted by atomic mass is 32.1. The first-order valence-electron chi connectivity index (χ1n) is 6.78. The number of aliphatic hydroxyl groups excluding tert-OH is 1. The van der Waals surface area contributed by atoms with E-state index in [1.807, 2.05) is 6.92 Å². The van der Waals surface area contributed by atoms with E-state index in [9.17, 15) is 14.3 Å². The van der Waals surface area contributed by atoms with Crippen LogP contribution in [0.4, 0.5) is 4.39 Å². The molecule has 112 valence electrons. The van der Waals surface area contributed by atoms with Gasteiger partial charge in [0.05, 0.1) is 12.3 Å². The number of aromatic nitrogens is 1. The van der Waals surface area contributed by atoms with Crippen LogP contribution in [0.25, 0.3) is 10.6 Å². The lowest BCUT2D eigenvalue weighted by atomic mass is 10.2. The fourth-order valence-electron chi connectivity index (χ4n) is 1.78. The molecule has 0 fully saturated rings. The van der Waals surface area contributed by atoms with Crippen LogP contribution in [0.5, 0.6) is 0 Å². The van der Waals surface area contributed by atoms with Crippen LogP contribution in [0.15, 0.2) is 30.5 Å². The molecule has 21 heavy (non-hydrogen) atoms. The summed E-state index contributed by atoms with van der Waals surface area (Å²) in [5, 5.41) is 12.6. The van der Waals surface area contributed by atoms with E-state index in [0.717, 1.165) is 11.3 Å². The third kappa shape index (κ3) is 4.09. The van der Waals surface area contributed by atoms with Crippen molar-refractivity contribution >= 4 is 17.2 Å². The standard InChI is InChI=1S/C15H17FN2O2S/c1-2-10(19)7-8-17-14(20)13-9-18-15(21-13)11-5-3-4-6-12(11)16/h3-6,9-10,19H,2,7-8H2,1H3,(H,17,20). The lowest BCUT2D eigenvalue weighted by Crippen LogP contribution is -2.26. The Labute approximate surface area is 126 Å². The first kappa shape index (κ1) is 15.6. The molecule has 0 saturated carbocycles. The van der Waals surface area contributed by atoms with Crippen LogP contribution in [0.2, 0.25) is 0 Å². The van der Waals surface area contributed by atoms with Gasteiger partial charge in [0.1, 0.15) is 15.7 Å². The predicted molar refractivity (Wildman–Crippen MR) is 80.8 cm³/mol. The van der Waals surface area contributed by atoms with Crippen molar-refractivity contribution in [2.75, 3.05) is 6.54 Å². The predicted octanol–water partition coefficient (Wildman–Crippen LogP) is 2.84. The first-order chi connectivity index (χ1) is 10.1. The van der Waals surface area contributed by atoms with E-state index in [0.29, 0.717) is 34.8 Å². The summed E-state index contributed by atoms with van der Waals surface area (Å²) in [5.41, 5.74) is 0.392. The number of carbonyl (C=O) groups is 1. The summed E-state index contributed by atoms with van der Waals surface area (Å²) in [5.74, 6) is -0.608. The van der Waals surface area contributed by atoms with Gasteiger partial charge in [0.15, 0.2) is 0 Å². The molecule has 1 atom stereocenters. The minimum Gasteiger partial charge on any atom is -0.393 e. The Bertz CT molecular complexity index is 615. The summed E-state index contributed by atoms with van der Waals surface area (Å²) in [6, 6.07) is 6.33. The summed E-state index contributed by atoms with van der Waals surface area (Å²) >= 11 is 1.15. The van der Waals surface area contributed by atoms with E-state index < -0.39 is 6.10 Å². The number of carbonyl (C=O) groups excluding carboxylic acids is 1. The molecule has 4 nitrogen and oxygen atoms in total. The highest BCUT2D eigenvalue weighted by Crippen LogP contribution is 2.27. The quantitative estimate of drug-likeness (QED) is 0.862. The van der Waals surface area contributed by atoms with E-state index in [1.54, 1.807) is 18.2 Å². The summed E-state index contributed by atoms with van der Waals surface area (Å²) in [7, 11) is 0. The third-order valence-electron chi connectivity index (χ3n) is 3.07. The molecular formula is C15H17FN2O2S. The number of aliphatic hydroxyl groups is 1. The second-order valence-corrected chi connectivity index (χ2v) is 5.65. The molecule has 0 bridgehead atoms. The molecule has 1 aromatic heterocycles. The zero-order valence-electron chi connectivity index (χ0n) is 11.7. The maximum Gasteiger partial charge on any atom is 0.263 e. The maximum absolute atomic E-state index is 13.7. The minimum absolute atomic E-state index is 0.251. The molecule has 1 heterocycles. The lowest BCUT2D eigenvalue weighted by molar-refractivity contribution is 0.0946. The summed E-state index contributed by atoms with van der Waals surface area (Å²) in [6.45, 7) is 2.29. The largest absolute Gasteiger partial charge is 0.393 e. The van der Waals surface area contributed by atoms with Crippen molar-refractivity contribution in [1.29, 1.82) is 0 Å². The average molecular weight is 308 g/mol. The van der Waals surface area contributed by atoms with Crippen LogP contribution in [-0.4, -0.2) is 28.6 Å². The average Bonchev–Trinajstić information content (AvgIpc) is 2.97. The van der Waals surface area contributed by atoms with Crippen LogP contribution in [0.3, 0.4) is 0 Å². The van der Waals surface area contributed by atoms with Crippen molar-refractivity contribution in [3.05, 3.63) is 41.2 Å². The van der Waals surface area contributed by atoms with E-state index in [4.69, 9.17) is 0 Å². The number of benzene rings is 1. The number of thiazole rings is 1. The Hall–Kier alpha value is -1.79. The number of nitrogens with one attached hydrogen (secondary N) is 1. The van der Waals surface area contributed by atoms with Gasteiger partial charge in [0.2, 0.25) is 0 Å². The molecule has 0 spiro atoms. The van der Waals surface area contributed by atoms with E-state index in [2.05, 4.69) is 10.3 Å². The number of amides is 1. The number of hydrogen-bond acceptors (Lipinski definition) is 4. The molecule has 1 aromatic carbocycles. The first-order valence-corrected chi connectivity index (χ1v) is 7.60. The fourth-order valence-corrected chi connectivity index (χ4v) is 2.64. The van der Waals surface area contributed by atoms with Crippen LogP contribution in [0.1, 0.15) is 29.4 Å². The van der Waals surface area contributed by atoms with Crippen LogP contribution in [-0.2, 0) is 0 Å². The highest BCUT2D eigenvalue weighted by molar-refractivity contribution is 7.16. The van der Waals surface area contributed by atoms with Gasteiger partial charge in [-0.2, -0.15) is 0 Å². The summed E-state index contributed by atoms with van der Waals surface area (Å²) < 4.78 is 13.7. The second-order valence-electron chi connectivity index (χ2n) is 4.62. The van der Waals surface area contributed by atoms with Gasteiger partial charge >= 0.3 is 0 Å². The minimum atomic E-state index is -0.402. The summed E-state index contributed by atoms with van der Waals surface area (Å²) in [4.78, 5) is 16.5. The zero-order chi connectivity index (χ0) is 15.2. The Morgan fingerprint density at radius 3 is 2.95 bits per heavy atom. The smallest absolute Gasteiger partial charge is 0.263 e. The molecule has 0 aliphatic rings. The van der Waals surface area contributed by atoms with Crippen molar-refractivity contribution in [3.63, 3.8) is 0 Å². The van der Waals surface area contributed by atoms with E-state index in [-0.39, 0.29) is 11.7 Å². The molecule has 2 aromatic rings. The van der Waals surface area contributed by atoms with Gasteiger partial charge in [-0.1, -0.05) is 19.1 Å². The van der Waals surface area contributed by atoms with Gasteiger partial charge < -0.3 is 10.4 Å². The third-order valence-corrected chi connectivity index (χ3v) is 4.10. The molecule has 2 N–H and O–H groups in total. The lowest BCUT2D eigenvalue weighted by Gasteiger charge is -2.07. The van der Waals surface area contributed by atoms with Gasteiger partial charge in [0.25, 0.3) is 5.91 Å². The SMILES string of the molecule is CCC(O)CCNC(=O)c1cnc(-c2ccccc2F)s1. The van der Waals surface area contributed by atoms with Crippen molar-refractivity contribution < 1.29 is 14.3 Å². The number of halogens is 1. The zero-order valence-corrected chi connectivity index (χ0v) is 12.5. The second kappa shape index (κ2) is 7.28. The molecule has 2 rings (SSSR count). The Morgan fingerprint density at radius 1 is 1.48 bits per heavy atom. The molecule has 0 saturated heterocycles. The van der Waals surface area contributed by atoms with Crippen molar-refractivity contribution in [1.82, 2.24) is 10.3 Å². The summed E-state index contributed by atoms with van der Waals surface area (Å²) in [6.07, 6.45) is 2.22. The molecular weight excluding hydrogens is 291 g/mol. The molecule has 6 heteroatoms. The molecule has 0 aliphatic carbocycles. The highest BCUT2D eigenvalue weighted by Gasteiger charge is 2.13. The van der Waals surface area contributed by atoms with Gasteiger partial charge in [-0.15, -0.1) is 11.3 Å². The van der Waals surface area contributed by atoms with Gasteiger partial charge in [0, 0.05) is 12.1 Å². The monoisotopic (exact) mass is 308 g/mol. The topological polar surface area (TPSA) is 62.2 Å². The Kier molecular flexibility index (Phi) is 5.41. The van der Waals surface area contributed by atoms with Crippen molar-refractivity contribution in [2.45, 2.75) is 25.9 Å². The van der Waals surface area contributed by atoms with E-state index >= 15 is 0 Å². The van der Waals surface area contributed by atoms with Crippen LogP contribution >= 0.6 is 11.3 Å². The molecule has 1 amide bonds. The fraction of sp³-hybridized carbons (Fsp3) is 0.333. The Balaban J connectivity index is 2.00. The molecule has 1 unspecified atom stereocenters. The van der Waals surface area contributed by atoms with Crippen molar-refractivity contribution in [3.8, 4) is 10.6 Å². The normalized spacial score (nSPS) is 12.1. The van der Waals surface area contributed by atoms with E-state index in [1.165, 1.54) is 12.3 Å². The molecule has 0 aliphatic heterocycles. The van der Waals surface area contributed by atoms with Crippen LogP contribution in [0, 0.1) is 5.82 Å². The van der Waals surface area contributed by atoms with Gasteiger partial charge in [-0.25, -0.2) is 9.37 Å². The van der Waals surface area contributed by atoms with Gasteiger partial charge in [-0.05, 0) is 25.0 Å². The number of rotatable bonds is 6. The maximum atomic E-state index is 13.7. The molecule has 0 radical (unpaired) electrons. The number of hydrogen-bond donors (Lipinski definition) is 2. The van der Waals surface area contributed by atoms with Crippen molar-refractivity contribution in [2.24, 2.45) is 0 Å². The Morgan fingerprint density at radius 2 is 2.24 bits per heavy atom. The van der Waals surface area contributed by atoms with Crippen LogP contribution < -0.4 is 5.32 Å². The number of nitrogens with zero attached hydrogens (tertiary/aromatic N) is 1. The van der Waals surface area contributed by atoms with Gasteiger partial charge in [-0.3, -0.25) is 4.79 Å².